The van der Waals surface area contributed by atoms with Gasteiger partial charge in [0.15, 0.2) is 12.1 Å². The Morgan fingerprint density at radius 3 is 3.07 bits per heavy atom. The second kappa shape index (κ2) is 3.25. The lowest BCUT2D eigenvalue weighted by atomic mass is 10.00. The van der Waals surface area contributed by atoms with E-state index in [1.807, 2.05) is 0 Å². The Bertz CT molecular complexity index is 357. The molecular weight excluding hydrogens is 184 g/mol. The Labute approximate surface area is 81.1 Å². The molecule has 0 spiro atoms. The average Bonchev–Trinajstić information content (AvgIpc) is 2.16. The lowest BCUT2D eigenvalue weighted by Gasteiger charge is -2.25. The highest BCUT2D eigenvalue weighted by Crippen LogP contribution is 2.19. The van der Waals surface area contributed by atoms with Gasteiger partial charge in [0.1, 0.15) is 0 Å². The molecule has 14 heavy (non-hydrogen) atoms. The topological polar surface area (TPSA) is 60.3 Å². The molecule has 2 rings (SSSR count). The van der Waals surface area contributed by atoms with Gasteiger partial charge in [-0.3, -0.25) is 4.79 Å². The number of rotatable bonds is 0. The Morgan fingerprint density at radius 1 is 1.57 bits per heavy atom. The molecule has 5 nitrogen and oxygen atoms in total. The van der Waals surface area contributed by atoms with Crippen molar-refractivity contribution < 1.29 is 14.3 Å². The maximum atomic E-state index is 11.5. The zero-order valence-corrected chi connectivity index (χ0v) is 7.93. The number of allylic oxidation sites excluding steroid dienone is 1. The van der Waals surface area contributed by atoms with Crippen LogP contribution in [0.15, 0.2) is 22.3 Å². The standard InChI is InChI=1S/C9H10N2O3/c1-5-11-6-3-4-10-8(13-2)7(6)9(12)14-5/h3-5,7H,1-2H3. The molecule has 0 N–H and O–H groups in total. The summed E-state index contributed by atoms with van der Waals surface area (Å²) < 4.78 is 9.95. The zero-order valence-electron chi connectivity index (χ0n) is 7.93. The molecule has 0 aliphatic carbocycles. The van der Waals surface area contributed by atoms with Gasteiger partial charge in [0.05, 0.1) is 12.8 Å². The van der Waals surface area contributed by atoms with Gasteiger partial charge >= 0.3 is 5.97 Å². The van der Waals surface area contributed by atoms with E-state index in [4.69, 9.17) is 9.47 Å². The first kappa shape index (κ1) is 8.93. The van der Waals surface area contributed by atoms with Crippen molar-refractivity contribution in [2.75, 3.05) is 7.11 Å². The van der Waals surface area contributed by atoms with Crippen LogP contribution in [-0.2, 0) is 14.3 Å². The molecule has 2 unspecified atom stereocenters. The molecule has 0 aromatic heterocycles. The highest BCUT2D eigenvalue weighted by atomic mass is 16.6. The van der Waals surface area contributed by atoms with Gasteiger partial charge in [0.25, 0.3) is 0 Å². The molecule has 0 saturated heterocycles. The van der Waals surface area contributed by atoms with E-state index >= 15 is 0 Å². The number of hydrogen-bond donors (Lipinski definition) is 0. The maximum absolute atomic E-state index is 11.5. The summed E-state index contributed by atoms with van der Waals surface area (Å²) in [6, 6.07) is 0. The molecule has 2 aliphatic heterocycles. The van der Waals surface area contributed by atoms with E-state index in [1.165, 1.54) is 7.11 Å². The Hall–Kier alpha value is -1.65. The van der Waals surface area contributed by atoms with Crippen LogP contribution >= 0.6 is 0 Å². The van der Waals surface area contributed by atoms with Crippen molar-refractivity contribution in [3.63, 3.8) is 0 Å². The van der Waals surface area contributed by atoms with E-state index < -0.39 is 12.1 Å². The van der Waals surface area contributed by atoms with E-state index in [0.29, 0.717) is 11.6 Å². The summed E-state index contributed by atoms with van der Waals surface area (Å²) in [7, 11) is 1.47. The molecule has 2 aliphatic rings. The van der Waals surface area contributed by atoms with E-state index in [9.17, 15) is 4.79 Å². The van der Waals surface area contributed by atoms with Gasteiger partial charge in [-0.25, -0.2) is 9.98 Å². The third kappa shape index (κ3) is 1.30. The normalized spacial score (nSPS) is 30.0. The van der Waals surface area contributed by atoms with Gasteiger partial charge in [-0.05, 0) is 13.0 Å². The molecule has 0 aromatic rings. The highest BCUT2D eigenvalue weighted by molar-refractivity contribution is 6.24. The quantitative estimate of drug-likeness (QED) is 0.528. The first-order valence-corrected chi connectivity index (χ1v) is 4.29. The van der Waals surface area contributed by atoms with Crippen molar-refractivity contribution in [3.8, 4) is 0 Å². The maximum Gasteiger partial charge on any atom is 0.326 e. The summed E-state index contributed by atoms with van der Waals surface area (Å²) in [5, 5.41) is 0. The molecule has 0 radical (unpaired) electrons. The molecule has 0 bridgehead atoms. The van der Waals surface area contributed by atoms with E-state index in [0.717, 1.165) is 0 Å². The third-order valence-electron chi connectivity index (χ3n) is 2.05. The van der Waals surface area contributed by atoms with Gasteiger partial charge in [-0.1, -0.05) is 0 Å². The highest BCUT2D eigenvalue weighted by Gasteiger charge is 2.37. The van der Waals surface area contributed by atoms with Crippen LogP contribution in [0.3, 0.4) is 0 Å². The number of esters is 1. The lowest BCUT2D eigenvalue weighted by molar-refractivity contribution is -0.150. The molecule has 5 heteroatoms. The minimum atomic E-state index is -0.582. The number of carbonyl (C=O) groups excluding carboxylic acids is 1. The molecule has 0 aromatic carbocycles. The van der Waals surface area contributed by atoms with Gasteiger partial charge in [0.2, 0.25) is 5.90 Å². The van der Waals surface area contributed by atoms with E-state index in [2.05, 4.69) is 9.98 Å². The van der Waals surface area contributed by atoms with Gasteiger partial charge in [-0.2, -0.15) is 0 Å². The summed E-state index contributed by atoms with van der Waals surface area (Å²) in [4.78, 5) is 19.6. The van der Waals surface area contributed by atoms with Crippen LogP contribution in [-0.4, -0.2) is 30.9 Å². The summed E-state index contributed by atoms with van der Waals surface area (Å²) >= 11 is 0. The van der Waals surface area contributed by atoms with Crippen molar-refractivity contribution in [1.29, 1.82) is 0 Å². The zero-order chi connectivity index (χ0) is 10.1. The summed E-state index contributed by atoms with van der Waals surface area (Å²) in [6.07, 6.45) is 2.85. The second-order valence-corrected chi connectivity index (χ2v) is 3.01. The fourth-order valence-electron chi connectivity index (χ4n) is 1.47. The predicted octanol–water partition coefficient (Wildman–Crippen LogP) is 0.519. The van der Waals surface area contributed by atoms with E-state index in [-0.39, 0.29) is 5.97 Å². The van der Waals surface area contributed by atoms with Crippen LogP contribution in [0.4, 0.5) is 0 Å². The molecule has 0 saturated carbocycles. The van der Waals surface area contributed by atoms with Gasteiger partial charge in [-0.15, -0.1) is 0 Å². The number of cyclic esters (lactones) is 1. The second-order valence-electron chi connectivity index (χ2n) is 3.01. The van der Waals surface area contributed by atoms with Crippen LogP contribution in [0.2, 0.25) is 0 Å². The van der Waals surface area contributed by atoms with Crippen LogP contribution in [0.25, 0.3) is 0 Å². The number of fused-ring (bicyclic) bond motifs is 1. The monoisotopic (exact) mass is 194 g/mol. The fourth-order valence-corrected chi connectivity index (χ4v) is 1.47. The number of aliphatic imine (C=N–C) groups is 2. The lowest BCUT2D eigenvalue weighted by Crippen LogP contribution is -2.40. The molecule has 74 valence electrons. The van der Waals surface area contributed by atoms with Crippen molar-refractivity contribution in [2.45, 2.75) is 13.2 Å². The first-order chi connectivity index (χ1) is 6.72. The fraction of sp³-hybridized carbons (Fsp3) is 0.444. The summed E-state index contributed by atoms with van der Waals surface area (Å²) in [6.45, 7) is 1.72. The number of ether oxygens (including phenoxy) is 2. The molecule has 0 fully saturated rings. The molecular formula is C9H10N2O3. The van der Waals surface area contributed by atoms with Crippen molar-refractivity contribution in [1.82, 2.24) is 0 Å². The van der Waals surface area contributed by atoms with Gasteiger partial charge < -0.3 is 9.47 Å². The van der Waals surface area contributed by atoms with Crippen molar-refractivity contribution in [2.24, 2.45) is 15.9 Å². The number of nitrogens with zero attached hydrogens (tertiary/aromatic N) is 2. The van der Waals surface area contributed by atoms with E-state index in [1.54, 1.807) is 19.2 Å². The minimum absolute atomic E-state index is 0.336. The molecule has 2 atom stereocenters. The van der Waals surface area contributed by atoms with Crippen LogP contribution < -0.4 is 0 Å². The van der Waals surface area contributed by atoms with Crippen molar-refractivity contribution >= 4 is 17.6 Å². The van der Waals surface area contributed by atoms with Crippen LogP contribution in [0.1, 0.15) is 6.92 Å². The smallest absolute Gasteiger partial charge is 0.326 e. The summed E-state index contributed by atoms with van der Waals surface area (Å²) in [5.41, 5.74) is 0.653. The number of methoxy groups -OCH3 is 1. The molecule has 2 heterocycles. The number of carbonyl (C=O) groups is 1. The third-order valence-corrected chi connectivity index (χ3v) is 2.05. The average molecular weight is 194 g/mol. The Balaban J connectivity index is 2.39. The van der Waals surface area contributed by atoms with Crippen molar-refractivity contribution in [3.05, 3.63) is 12.3 Å². The SMILES string of the molecule is COC1=NC=CC2=NC(C)OC(=O)C21. The Morgan fingerprint density at radius 2 is 2.36 bits per heavy atom. The van der Waals surface area contributed by atoms with Crippen LogP contribution in [0, 0.1) is 5.92 Å². The number of hydrogen-bond acceptors (Lipinski definition) is 5. The van der Waals surface area contributed by atoms with Gasteiger partial charge in [0, 0.05) is 6.20 Å². The largest absolute Gasteiger partial charge is 0.483 e. The predicted molar refractivity (Wildman–Crippen MR) is 50.1 cm³/mol. The van der Waals surface area contributed by atoms with Crippen LogP contribution in [0.5, 0.6) is 0 Å². The summed E-state index contributed by atoms with van der Waals surface area (Å²) in [5.74, 6) is -0.600. The Kier molecular flexibility index (Phi) is 2.07. The minimum Gasteiger partial charge on any atom is -0.483 e. The molecule has 0 amide bonds. The first-order valence-electron chi connectivity index (χ1n) is 4.29.